The molecule has 0 saturated heterocycles. The van der Waals surface area contributed by atoms with Crippen LogP contribution in [0.15, 0.2) is 83.4 Å². The highest BCUT2D eigenvalue weighted by Crippen LogP contribution is 2.36. The largest absolute Gasteiger partial charge is 0.455 e. The summed E-state index contributed by atoms with van der Waals surface area (Å²) in [6.45, 7) is 0. The van der Waals surface area contributed by atoms with Crippen molar-refractivity contribution in [3.63, 3.8) is 0 Å². The van der Waals surface area contributed by atoms with Gasteiger partial charge in [-0.05, 0) is 18.2 Å². The molecule has 0 amide bonds. The number of pyridine rings is 1. The molecule has 3 heteroatoms. The first kappa shape index (κ1) is 13.7. The van der Waals surface area contributed by atoms with Gasteiger partial charge in [-0.2, -0.15) is 0 Å². The Balaban J connectivity index is 1.68. The smallest absolute Gasteiger partial charge is 0.143 e. The first-order valence-corrected chi connectivity index (χ1v) is 8.65. The third-order valence-electron chi connectivity index (χ3n) is 5.07. The highest BCUT2D eigenvalue weighted by molar-refractivity contribution is 6.11. The van der Waals surface area contributed by atoms with Crippen LogP contribution >= 0.6 is 0 Å². The summed E-state index contributed by atoms with van der Waals surface area (Å²) in [4.78, 5) is 8.04. The number of hydrogen-bond donors (Lipinski definition) is 1. The van der Waals surface area contributed by atoms with E-state index in [9.17, 15) is 0 Å². The molecule has 0 bridgehead atoms. The summed E-state index contributed by atoms with van der Waals surface area (Å²) < 4.78 is 6.18. The summed E-state index contributed by atoms with van der Waals surface area (Å²) in [6.07, 6.45) is 1.92. The van der Waals surface area contributed by atoms with Crippen LogP contribution in [-0.2, 0) is 0 Å². The Kier molecular flexibility index (Phi) is 2.61. The Labute approximate surface area is 148 Å². The number of rotatable bonds is 1. The minimum Gasteiger partial charge on any atom is -0.455 e. The third-order valence-corrected chi connectivity index (χ3v) is 5.07. The maximum atomic E-state index is 6.18. The molecule has 3 aromatic heterocycles. The molecular weight excluding hydrogens is 320 g/mol. The monoisotopic (exact) mass is 334 g/mol. The van der Waals surface area contributed by atoms with Crippen LogP contribution in [0.3, 0.4) is 0 Å². The lowest BCUT2D eigenvalue weighted by atomic mass is 10.0. The van der Waals surface area contributed by atoms with Crippen LogP contribution in [0.2, 0.25) is 0 Å². The van der Waals surface area contributed by atoms with Gasteiger partial charge in [-0.15, -0.1) is 0 Å². The van der Waals surface area contributed by atoms with E-state index >= 15 is 0 Å². The molecule has 122 valence electrons. The maximum absolute atomic E-state index is 6.18. The van der Waals surface area contributed by atoms with Crippen molar-refractivity contribution in [2.45, 2.75) is 0 Å². The topological polar surface area (TPSA) is 41.8 Å². The molecular formula is C23H14N2O. The van der Waals surface area contributed by atoms with Gasteiger partial charge in [0, 0.05) is 44.4 Å². The van der Waals surface area contributed by atoms with Gasteiger partial charge in [0.25, 0.3) is 0 Å². The van der Waals surface area contributed by atoms with E-state index in [0.29, 0.717) is 0 Å². The number of fused-ring (bicyclic) bond motifs is 6. The second-order valence-corrected chi connectivity index (χ2v) is 6.57. The van der Waals surface area contributed by atoms with Crippen LogP contribution in [-0.4, -0.2) is 9.97 Å². The molecule has 0 aliphatic rings. The van der Waals surface area contributed by atoms with Crippen LogP contribution in [0.25, 0.3) is 55.0 Å². The standard InChI is InChI=1S/C23H14N2O/c1-3-10-20-16(6-1)19-12-14(13-24-23(19)25-20)15-8-5-9-18-17-7-2-4-11-21(17)26-22(15)18/h1-13H,(H,24,25). The molecule has 6 rings (SSSR count). The van der Waals surface area contributed by atoms with Crippen molar-refractivity contribution in [3.05, 3.63) is 79.0 Å². The molecule has 3 heterocycles. The first-order chi connectivity index (χ1) is 12.9. The van der Waals surface area contributed by atoms with Crippen LogP contribution in [0, 0.1) is 0 Å². The molecule has 0 atom stereocenters. The van der Waals surface area contributed by atoms with E-state index in [0.717, 1.165) is 49.6 Å². The van der Waals surface area contributed by atoms with Gasteiger partial charge >= 0.3 is 0 Å². The number of nitrogens with one attached hydrogen (secondary N) is 1. The number of H-pyrrole nitrogens is 1. The molecule has 3 nitrogen and oxygen atoms in total. The fourth-order valence-electron chi connectivity index (χ4n) is 3.85. The molecule has 0 unspecified atom stereocenters. The lowest BCUT2D eigenvalue weighted by molar-refractivity contribution is 0.670. The minimum absolute atomic E-state index is 0.909. The zero-order valence-corrected chi connectivity index (χ0v) is 13.9. The minimum atomic E-state index is 0.909. The normalized spacial score (nSPS) is 11.8. The van der Waals surface area contributed by atoms with Crippen molar-refractivity contribution in [1.29, 1.82) is 0 Å². The second kappa shape index (κ2) is 4.96. The van der Waals surface area contributed by atoms with Gasteiger partial charge < -0.3 is 9.40 Å². The van der Waals surface area contributed by atoms with Crippen LogP contribution < -0.4 is 0 Å². The van der Waals surface area contributed by atoms with Crippen molar-refractivity contribution >= 4 is 43.9 Å². The summed E-state index contributed by atoms with van der Waals surface area (Å²) in [5.41, 5.74) is 5.97. The molecule has 0 aliphatic carbocycles. The van der Waals surface area contributed by atoms with Gasteiger partial charge in [-0.25, -0.2) is 4.98 Å². The van der Waals surface area contributed by atoms with Gasteiger partial charge in [0.1, 0.15) is 16.8 Å². The fourth-order valence-corrected chi connectivity index (χ4v) is 3.85. The Morgan fingerprint density at radius 1 is 0.731 bits per heavy atom. The first-order valence-electron chi connectivity index (χ1n) is 8.65. The molecule has 26 heavy (non-hydrogen) atoms. The van der Waals surface area contributed by atoms with E-state index < -0.39 is 0 Å². The van der Waals surface area contributed by atoms with Crippen LogP contribution in [0.4, 0.5) is 0 Å². The summed E-state index contributed by atoms with van der Waals surface area (Å²) >= 11 is 0. The van der Waals surface area contributed by atoms with Gasteiger partial charge in [-0.1, -0.05) is 54.6 Å². The van der Waals surface area contributed by atoms with E-state index in [1.54, 1.807) is 0 Å². The van der Waals surface area contributed by atoms with Crippen molar-refractivity contribution in [2.75, 3.05) is 0 Å². The van der Waals surface area contributed by atoms with Gasteiger partial charge in [0.05, 0.1) is 0 Å². The molecule has 0 spiro atoms. The number of para-hydroxylation sites is 3. The molecule has 6 aromatic rings. The number of aromatic amines is 1. The predicted molar refractivity (Wildman–Crippen MR) is 106 cm³/mol. The van der Waals surface area contributed by atoms with E-state index in [1.165, 1.54) is 5.39 Å². The number of hydrogen-bond acceptors (Lipinski definition) is 2. The number of furan rings is 1. The summed E-state index contributed by atoms with van der Waals surface area (Å²) in [6, 6.07) is 25.0. The fraction of sp³-hybridized carbons (Fsp3) is 0. The lowest BCUT2D eigenvalue weighted by Crippen LogP contribution is -1.82. The van der Waals surface area contributed by atoms with Gasteiger partial charge in [0.15, 0.2) is 0 Å². The highest BCUT2D eigenvalue weighted by Gasteiger charge is 2.13. The molecule has 0 fully saturated rings. The zero-order chi connectivity index (χ0) is 17.1. The maximum Gasteiger partial charge on any atom is 0.143 e. The average Bonchev–Trinajstić information content (AvgIpc) is 3.25. The zero-order valence-electron chi connectivity index (χ0n) is 13.9. The Morgan fingerprint density at radius 3 is 2.50 bits per heavy atom. The van der Waals surface area contributed by atoms with E-state index in [1.807, 2.05) is 30.5 Å². The van der Waals surface area contributed by atoms with Crippen molar-refractivity contribution in [1.82, 2.24) is 9.97 Å². The number of aromatic nitrogens is 2. The number of nitrogens with zero attached hydrogens (tertiary/aromatic N) is 1. The van der Waals surface area contributed by atoms with E-state index in [-0.39, 0.29) is 0 Å². The Hall–Kier alpha value is -3.59. The second-order valence-electron chi connectivity index (χ2n) is 6.57. The third kappa shape index (κ3) is 1.80. The molecule has 1 N–H and O–H groups in total. The SMILES string of the molecule is c1ccc2c(c1)[nH]c1ncc(-c3cccc4c3oc3ccccc34)cc12. The predicted octanol–water partition coefficient (Wildman–Crippen LogP) is 6.28. The molecule has 0 radical (unpaired) electrons. The summed E-state index contributed by atoms with van der Waals surface area (Å²) in [7, 11) is 0. The van der Waals surface area contributed by atoms with E-state index in [4.69, 9.17) is 4.42 Å². The van der Waals surface area contributed by atoms with Gasteiger partial charge in [-0.3, -0.25) is 0 Å². The lowest BCUT2D eigenvalue weighted by Gasteiger charge is -2.03. The summed E-state index contributed by atoms with van der Waals surface area (Å²) in [5, 5.41) is 4.60. The van der Waals surface area contributed by atoms with Crippen molar-refractivity contribution < 1.29 is 4.42 Å². The Morgan fingerprint density at radius 2 is 1.54 bits per heavy atom. The molecule has 0 saturated carbocycles. The molecule has 3 aromatic carbocycles. The number of benzene rings is 3. The summed E-state index contributed by atoms with van der Waals surface area (Å²) in [5.74, 6) is 0. The van der Waals surface area contributed by atoms with Crippen LogP contribution in [0.5, 0.6) is 0 Å². The van der Waals surface area contributed by atoms with Gasteiger partial charge in [0.2, 0.25) is 0 Å². The Bertz CT molecular complexity index is 1440. The van der Waals surface area contributed by atoms with Crippen molar-refractivity contribution in [2.24, 2.45) is 0 Å². The van der Waals surface area contributed by atoms with Crippen LogP contribution in [0.1, 0.15) is 0 Å². The van der Waals surface area contributed by atoms with Crippen molar-refractivity contribution in [3.8, 4) is 11.1 Å². The average molecular weight is 334 g/mol. The highest BCUT2D eigenvalue weighted by atomic mass is 16.3. The quantitative estimate of drug-likeness (QED) is 0.384. The van der Waals surface area contributed by atoms with E-state index in [2.05, 4.69) is 58.5 Å². The molecule has 0 aliphatic heterocycles.